The highest BCUT2D eigenvalue weighted by atomic mass is 32.2. The second-order valence-corrected chi connectivity index (χ2v) is 7.11. The third-order valence-electron chi connectivity index (χ3n) is 4.59. The summed E-state index contributed by atoms with van der Waals surface area (Å²) in [4.78, 5) is 2.66. The quantitative estimate of drug-likeness (QED) is 0.916. The Morgan fingerprint density at radius 2 is 2.05 bits per heavy atom. The lowest BCUT2D eigenvalue weighted by atomic mass is 9.89. The van der Waals surface area contributed by atoms with Gasteiger partial charge in [0.25, 0.3) is 0 Å². The van der Waals surface area contributed by atoms with Crippen molar-refractivity contribution in [3.8, 4) is 0 Å². The van der Waals surface area contributed by atoms with Crippen LogP contribution in [0.2, 0.25) is 0 Å². The van der Waals surface area contributed by atoms with Crippen molar-refractivity contribution in [2.45, 2.75) is 12.3 Å². The molecule has 0 bridgehead atoms. The fourth-order valence-electron chi connectivity index (χ4n) is 3.52. The van der Waals surface area contributed by atoms with E-state index in [-0.39, 0.29) is 0 Å². The Hall–Kier alpha value is -0.510. The van der Waals surface area contributed by atoms with Crippen molar-refractivity contribution in [1.29, 1.82) is 0 Å². The first-order chi connectivity index (χ1) is 9.36. The summed E-state index contributed by atoms with van der Waals surface area (Å²) in [6.45, 7) is 4.49. The SMILES string of the molecule is NC[C@@H]1CN(CC2CCSC2)C[C@H]1c1ccccc1. The molecule has 3 atom stereocenters. The molecule has 0 spiro atoms. The van der Waals surface area contributed by atoms with Crippen LogP contribution in [0.3, 0.4) is 0 Å². The van der Waals surface area contributed by atoms with Crippen LogP contribution in [0.4, 0.5) is 0 Å². The van der Waals surface area contributed by atoms with Crippen LogP contribution in [0.25, 0.3) is 0 Å². The van der Waals surface area contributed by atoms with E-state index in [0.717, 1.165) is 12.5 Å². The third kappa shape index (κ3) is 3.15. The molecule has 0 radical (unpaired) electrons. The predicted molar refractivity (Wildman–Crippen MR) is 83.6 cm³/mol. The number of hydrogen-bond donors (Lipinski definition) is 1. The van der Waals surface area contributed by atoms with Crippen LogP contribution in [0.5, 0.6) is 0 Å². The van der Waals surface area contributed by atoms with E-state index in [0.29, 0.717) is 11.8 Å². The van der Waals surface area contributed by atoms with Gasteiger partial charge in [0, 0.05) is 25.6 Å². The van der Waals surface area contributed by atoms with E-state index in [4.69, 9.17) is 5.73 Å². The molecule has 2 heterocycles. The molecule has 0 aromatic heterocycles. The lowest BCUT2D eigenvalue weighted by Gasteiger charge is -2.19. The van der Waals surface area contributed by atoms with Gasteiger partial charge in [-0.05, 0) is 41.9 Å². The van der Waals surface area contributed by atoms with Crippen molar-refractivity contribution >= 4 is 11.8 Å². The minimum atomic E-state index is 0.636. The van der Waals surface area contributed by atoms with Crippen LogP contribution in [0.1, 0.15) is 17.9 Å². The Labute approximate surface area is 120 Å². The molecule has 2 nitrogen and oxygen atoms in total. The van der Waals surface area contributed by atoms with Crippen molar-refractivity contribution in [3.05, 3.63) is 35.9 Å². The number of hydrogen-bond acceptors (Lipinski definition) is 3. The standard InChI is InChI=1S/C16H24N2S/c17-8-15-10-18(9-13-6-7-19-12-13)11-16(15)14-4-2-1-3-5-14/h1-5,13,15-16H,6-12,17H2/t13?,15-,16+/m1/s1. The molecule has 2 N–H and O–H groups in total. The van der Waals surface area contributed by atoms with E-state index in [9.17, 15) is 0 Å². The normalized spacial score (nSPS) is 31.9. The average molecular weight is 276 g/mol. The maximum Gasteiger partial charge on any atom is 0.00542 e. The summed E-state index contributed by atoms with van der Waals surface area (Å²) in [5.41, 5.74) is 7.47. The number of rotatable bonds is 4. The Balaban J connectivity index is 1.64. The van der Waals surface area contributed by atoms with Gasteiger partial charge in [0.05, 0.1) is 0 Å². The molecule has 1 aromatic rings. The summed E-state index contributed by atoms with van der Waals surface area (Å²) >= 11 is 2.12. The molecule has 0 amide bonds. The van der Waals surface area contributed by atoms with Crippen molar-refractivity contribution < 1.29 is 0 Å². The minimum Gasteiger partial charge on any atom is -0.330 e. The zero-order valence-electron chi connectivity index (χ0n) is 11.5. The predicted octanol–water partition coefficient (Wildman–Crippen LogP) is 2.41. The van der Waals surface area contributed by atoms with Crippen molar-refractivity contribution in [3.63, 3.8) is 0 Å². The van der Waals surface area contributed by atoms with E-state index in [2.05, 4.69) is 47.0 Å². The van der Waals surface area contributed by atoms with Crippen LogP contribution in [-0.4, -0.2) is 42.6 Å². The molecule has 19 heavy (non-hydrogen) atoms. The molecule has 2 aliphatic heterocycles. The van der Waals surface area contributed by atoms with Gasteiger partial charge in [-0.2, -0.15) is 11.8 Å². The molecule has 2 fully saturated rings. The zero-order valence-corrected chi connectivity index (χ0v) is 12.3. The summed E-state index contributed by atoms with van der Waals surface area (Å²) in [5.74, 6) is 4.91. The molecule has 3 rings (SSSR count). The molecule has 104 valence electrons. The smallest absolute Gasteiger partial charge is 0.00542 e. The molecular weight excluding hydrogens is 252 g/mol. The van der Waals surface area contributed by atoms with E-state index in [1.807, 2.05) is 0 Å². The number of benzene rings is 1. The van der Waals surface area contributed by atoms with Crippen LogP contribution in [0.15, 0.2) is 30.3 Å². The van der Waals surface area contributed by atoms with E-state index in [1.165, 1.54) is 43.1 Å². The Morgan fingerprint density at radius 1 is 1.21 bits per heavy atom. The number of likely N-dealkylation sites (tertiary alicyclic amines) is 1. The van der Waals surface area contributed by atoms with Gasteiger partial charge in [-0.3, -0.25) is 0 Å². The van der Waals surface area contributed by atoms with Gasteiger partial charge < -0.3 is 10.6 Å². The summed E-state index contributed by atoms with van der Waals surface area (Å²) in [5, 5.41) is 0. The van der Waals surface area contributed by atoms with Gasteiger partial charge >= 0.3 is 0 Å². The topological polar surface area (TPSA) is 29.3 Å². The average Bonchev–Trinajstić information content (AvgIpc) is 3.09. The first kappa shape index (κ1) is 13.5. The number of nitrogens with zero attached hydrogens (tertiary/aromatic N) is 1. The van der Waals surface area contributed by atoms with Gasteiger partial charge in [0.1, 0.15) is 0 Å². The second kappa shape index (κ2) is 6.29. The molecule has 3 heteroatoms. The molecule has 1 unspecified atom stereocenters. The molecule has 0 aliphatic carbocycles. The van der Waals surface area contributed by atoms with Gasteiger partial charge in [-0.25, -0.2) is 0 Å². The first-order valence-electron chi connectivity index (χ1n) is 7.42. The summed E-state index contributed by atoms with van der Waals surface area (Å²) in [7, 11) is 0. The summed E-state index contributed by atoms with van der Waals surface area (Å²) in [6.07, 6.45) is 1.41. The van der Waals surface area contributed by atoms with Crippen LogP contribution >= 0.6 is 11.8 Å². The fraction of sp³-hybridized carbons (Fsp3) is 0.625. The van der Waals surface area contributed by atoms with Crippen LogP contribution < -0.4 is 5.73 Å². The largest absolute Gasteiger partial charge is 0.330 e. The molecule has 1 aromatic carbocycles. The van der Waals surface area contributed by atoms with Gasteiger partial charge in [-0.1, -0.05) is 30.3 Å². The van der Waals surface area contributed by atoms with Crippen molar-refractivity contribution in [2.24, 2.45) is 17.6 Å². The van der Waals surface area contributed by atoms with Crippen molar-refractivity contribution in [2.75, 3.05) is 37.7 Å². The lowest BCUT2D eigenvalue weighted by molar-refractivity contribution is 0.280. The Morgan fingerprint density at radius 3 is 2.74 bits per heavy atom. The summed E-state index contributed by atoms with van der Waals surface area (Å²) in [6, 6.07) is 10.9. The van der Waals surface area contributed by atoms with Crippen LogP contribution in [0, 0.1) is 11.8 Å². The fourth-order valence-corrected chi connectivity index (χ4v) is 4.79. The Kier molecular flexibility index (Phi) is 4.46. The minimum absolute atomic E-state index is 0.636. The maximum absolute atomic E-state index is 6.00. The van der Waals surface area contributed by atoms with Crippen LogP contribution in [-0.2, 0) is 0 Å². The highest BCUT2D eigenvalue weighted by Crippen LogP contribution is 2.33. The zero-order chi connectivity index (χ0) is 13.1. The highest BCUT2D eigenvalue weighted by Gasteiger charge is 2.34. The third-order valence-corrected chi connectivity index (χ3v) is 5.82. The molecular formula is C16H24N2S. The Bertz CT molecular complexity index is 389. The molecule has 2 saturated heterocycles. The van der Waals surface area contributed by atoms with E-state index >= 15 is 0 Å². The van der Waals surface area contributed by atoms with E-state index in [1.54, 1.807) is 0 Å². The maximum atomic E-state index is 6.00. The summed E-state index contributed by atoms with van der Waals surface area (Å²) < 4.78 is 0. The number of nitrogens with two attached hydrogens (primary N) is 1. The van der Waals surface area contributed by atoms with Crippen molar-refractivity contribution in [1.82, 2.24) is 4.90 Å². The van der Waals surface area contributed by atoms with Gasteiger partial charge in [-0.15, -0.1) is 0 Å². The first-order valence-corrected chi connectivity index (χ1v) is 8.57. The highest BCUT2D eigenvalue weighted by molar-refractivity contribution is 7.99. The molecule has 2 aliphatic rings. The monoisotopic (exact) mass is 276 g/mol. The second-order valence-electron chi connectivity index (χ2n) is 5.96. The van der Waals surface area contributed by atoms with Gasteiger partial charge in [0.15, 0.2) is 0 Å². The number of thioether (sulfide) groups is 1. The lowest BCUT2D eigenvalue weighted by Crippen LogP contribution is -2.28. The molecule has 0 saturated carbocycles. The van der Waals surface area contributed by atoms with Gasteiger partial charge in [0.2, 0.25) is 0 Å². The van der Waals surface area contributed by atoms with E-state index < -0.39 is 0 Å².